The van der Waals surface area contributed by atoms with Gasteiger partial charge in [0.2, 0.25) is 5.91 Å². The number of hydrogen-bond acceptors (Lipinski definition) is 3. The lowest BCUT2D eigenvalue weighted by Gasteiger charge is -2.32. The average molecular weight is 242 g/mol. The van der Waals surface area contributed by atoms with Crippen LogP contribution in [0.15, 0.2) is 0 Å². The fourth-order valence-corrected chi connectivity index (χ4v) is 2.29. The van der Waals surface area contributed by atoms with Crippen LogP contribution >= 0.6 is 0 Å². The summed E-state index contributed by atoms with van der Waals surface area (Å²) < 4.78 is 0. The minimum atomic E-state index is -0.0202. The van der Waals surface area contributed by atoms with Crippen molar-refractivity contribution in [3.63, 3.8) is 0 Å². The van der Waals surface area contributed by atoms with E-state index in [1.807, 2.05) is 0 Å². The van der Waals surface area contributed by atoms with Crippen molar-refractivity contribution < 1.29 is 9.90 Å². The second-order valence-corrected chi connectivity index (χ2v) is 6.18. The molecule has 3 N–H and O–H groups in total. The Morgan fingerprint density at radius 2 is 2.12 bits per heavy atom. The normalized spacial score (nSPS) is 26.9. The number of carbonyl (C=O) groups is 1. The third-order valence-corrected chi connectivity index (χ3v) is 3.63. The standard InChI is InChI=1S/C13H26N2O2/c1-9-7-14-8-10(9)12(17)15-11(5-6-16)13(2,3)4/h9-11,14,16H,5-8H2,1-4H3,(H,15,17)/t9-,10-,11?/m1/s1. The quantitative estimate of drug-likeness (QED) is 0.682. The molecule has 4 nitrogen and oxygen atoms in total. The van der Waals surface area contributed by atoms with Gasteiger partial charge in [0.15, 0.2) is 0 Å². The van der Waals surface area contributed by atoms with Crippen molar-refractivity contribution in [3.8, 4) is 0 Å². The molecule has 1 aliphatic heterocycles. The zero-order valence-electron chi connectivity index (χ0n) is 11.4. The van der Waals surface area contributed by atoms with Crippen LogP contribution in [0.2, 0.25) is 0 Å². The van der Waals surface area contributed by atoms with Gasteiger partial charge in [-0.1, -0.05) is 27.7 Å². The predicted octanol–water partition coefficient (Wildman–Crippen LogP) is 0.755. The minimum Gasteiger partial charge on any atom is -0.396 e. The average Bonchev–Trinajstić information content (AvgIpc) is 2.62. The van der Waals surface area contributed by atoms with Crippen molar-refractivity contribution in [3.05, 3.63) is 0 Å². The molecule has 1 heterocycles. The molecule has 1 saturated heterocycles. The van der Waals surface area contributed by atoms with Crippen LogP contribution < -0.4 is 10.6 Å². The molecule has 1 rings (SSSR count). The summed E-state index contributed by atoms with van der Waals surface area (Å²) in [5, 5.41) is 15.4. The molecule has 100 valence electrons. The molecule has 0 aromatic heterocycles. The van der Waals surface area contributed by atoms with Gasteiger partial charge in [-0.15, -0.1) is 0 Å². The number of aliphatic hydroxyl groups is 1. The van der Waals surface area contributed by atoms with E-state index in [-0.39, 0.29) is 29.9 Å². The molecular weight excluding hydrogens is 216 g/mol. The molecule has 0 aromatic rings. The van der Waals surface area contributed by atoms with E-state index in [1.54, 1.807) is 0 Å². The Hall–Kier alpha value is -0.610. The van der Waals surface area contributed by atoms with Crippen LogP contribution in [-0.4, -0.2) is 36.8 Å². The maximum absolute atomic E-state index is 12.2. The summed E-state index contributed by atoms with van der Waals surface area (Å²) in [6.07, 6.45) is 0.615. The highest BCUT2D eigenvalue weighted by atomic mass is 16.3. The maximum Gasteiger partial charge on any atom is 0.224 e. The van der Waals surface area contributed by atoms with Gasteiger partial charge < -0.3 is 15.7 Å². The van der Waals surface area contributed by atoms with Crippen molar-refractivity contribution in [2.75, 3.05) is 19.7 Å². The highest BCUT2D eigenvalue weighted by molar-refractivity contribution is 5.80. The van der Waals surface area contributed by atoms with E-state index < -0.39 is 0 Å². The molecule has 1 amide bonds. The van der Waals surface area contributed by atoms with Crippen molar-refractivity contribution >= 4 is 5.91 Å². The second-order valence-electron chi connectivity index (χ2n) is 6.18. The highest BCUT2D eigenvalue weighted by Crippen LogP contribution is 2.23. The first-order chi connectivity index (χ1) is 7.86. The van der Waals surface area contributed by atoms with Crippen molar-refractivity contribution in [2.24, 2.45) is 17.3 Å². The monoisotopic (exact) mass is 242 g/mol. The number of nitrogens with one attached hydrogen (secondary N) is 2. The van der Waals surface area contributed by atoms with E-state index in [2.05, 4.69) is 38.3 Å². The lowest BCUT2D eigenvalue weighted by Crippen LogP contribution is -2.47. The van der Waals surface area contributed by atoms with E-state index in [4.69, 9.17) is 5.11 Å². The SMILES string of the molecule is C[C@@H]1CNC[C@H]1C(=O)NC(CCO)C(C)(C)C. The first-order valence-electron chi connectivity index (χ1n) is 6.48. The van der Waals surface area contributed by atoms with Crippen molar-refractivity contribution in [1.29, 1.82) is 0 Å². The van der Waals surface area contributed by atoms with Crippen LogP contribution in [0.25, 0.3) is 0 Å². The summed E-state index contributed by atoms with van der Waals surface area (Å²) in [7, 11) is 0. The molecule has 0 saturated carbocycles. The molecule has 0 aliphatic carbocycles. The third-order valence-electron chi connectivity index (χ3n) is 3.63. The lowest BCUT2D eigenvalue weighted by atomic mass is 9.84. The Bertz CT molecular complexity index is 261. The van der Waals surface area contributed by atoms with Gasteiger partial charge >= 0.3 is 0 Å². The molecule has 0 spiro atoms. The zero-order valence-corrected chi connectivity index (χ0v) is 11.4. The number of aliphatic hydroxyl groups excluding tert-OH is 1. The van der Waals surface area contributed by atoms with Gasteiger partial charge in [-0.25, -0.2) is 0 Å². The molecular formula is C13H26N2O2. The Morgan fingerprint density at radius 3 is 2.53 bits per heavy atom. The Balaban J connectivity index is 2.57. The van der Waals surface area contributed by atoms with Crippen LogP contribution in [0.3, 0.4) is 0 Å². The molecule has 17 heavy (non-hydrogen) atoms. The zero-order chi connectivity index (χ0) is 13.1. The minimum absolute atomic E-state index is 0.0202. The Morgan fingerprint density at radius 1 is 1.47 bits per heavy atom. The lowest BCUT2D eigenvalue weighted by molar-refractivity contribution is -0.127. The van der Waals surface area contributed by atoms with Crippen LogP contribution in [-0.2, 0) is 4.79 Å². The summed E-state index contributed by atoms with van der Waals surface area (Å²) in [5.41, 5.74) is -0.0202. The fourth-order valence-electron chi connectivity index (χ4n) is 2.29. The second kappa shape index (κ2) is 5.83. The molecule has 1 fully saturated rings. The van der Waals surface area contributed by atoms with Gasteiger partial charge in [0.05, 0.1) is 5.92 Å². The molecule has 0 radical (unpaired) electrons. The summed E-state index contributed by atoms with van der Waals surface area (Å²) in [5.74, 6) is 0.583. The van der Waals surface area contributed by atoms with E-state index >= 15 is 0 Å². The molecule has 1 unspecified atom stereocenters. The van der Waals surface area contributed by atoms with Gasteiger partial charge in [0.1, 0.15) is 0 Å². The van der Waals surface area contributed by atoms with E-state index in [0.29, 0.717) is 12.3 Å². The smallest absolute Gasteiger partial charge is 0.224 e. The van der Waals surface area contributed by atoms with Gasteiger partial charge in [-0.2, -0.15) is 0 Å². The first-order valence-corrected chi connectivity index (χ1v) is 6.48. The molecule has 0 aromatic carbocycles. The number of hydrogen-bond donors (Lipinski definition) is 3. The van der Waals surface area contributed by atoms with Gasteiger partial charge in [0, 0.05) is 19.2 Å². The topological polar surface area (TPSA) is 61.4 Å². The predicted molar refractivity (Wildman–Crippen MR) is 68.6 cm³/mol. The summed E-state index contributed by atoms with van der Waals surface area (Å²) in [6, 6.07) is 0.0350. The van der Waals surface area contributed by atoms with E-state index in [1.165, 1.54) is 0 Å². The van der Waals surface area contributed by atoms with Crippen LogP contribution in [0.5, 0.6) is 0 Å². The number of amides is 1. The first kappa shape index (κ1) is 14.5. The molecule has 4 heteroatoms. The summed E-state index contributed by atoms with van der Waals surface area (Å²) in [4.78, 5) is 12.2. The van der Waals surface area contributed by atoms with Crippen molar-refractivity contribution in [1.82, 2.24) is 10.6 Å². The Kier molecular flexibility index (Phi) is 4.95. The van der Waals surface area contributed by atoms with Gasteiger partial charge in [-0.05, 0) is 24.3 Å². The maximum atomic E-state index is 12.2. The van der Waals surface area contributed by atoms with Crippen LogP contribution in [0.4, 0.5) is 0 Å². The highest BCUT2D eigenvalue weighted by Gasteiger charge is 2.33. The third kappa shape index (κ3) is 3.96. The van der Waals surface area contributed by atoms with E-state index in [9.17, 15) is 4.79 Å². The molecule has 1 aliphatic rings. The van der Waals surface area contributed by atoms with Crippen LogP contribution in [0.1, 0.15) is 34.1 Å². The molecule has 3 atom stereocenters. The fraction of sp³-hybridized carbons (Fsp3) is 0.923. The summed E-state index contributed by atoms with van der Waals surface area (Å²) in [6.45, 7) is 10.2. The summed E-state index contributed by atoms with van der Waals surface area (Å²) >= 11 is 0. The van der Waals surface area contributed by atoms with Crippen molar-refractivity contribution in [2.45, 2.75) is 40.2 Å². The largest absolute Gasteiger partial charge is 0.396 e. The van der Waals surface area contributed by atoms with Gasteiger partial charge in [0.25, 0.3) is 0 Å². The van der Waals surface area contributed by atoms with Crippen LogP contribution in [0, 0.1) is 17.3 Å². The number of rotatable bonds is 4. The van der Waals surface area contributed by atoms with Gasteiger partial charge in [-0.3, -0.25) is 4.79 Å². The van der Waals surface area contributed by atoms with E-state index in [0.717, 1.165) is 13.1 Å². The Labute approximate surface area is 104 Å². The molecule has 0 bridgehead atoms. The number of carbonyl (C=O) groups excluding carboxylic acids is 1.